The van der Waals surface area contributed by atoms with E-state index in [1.165, 1.54) is 0 Å². The Bertz CT molecular complexity index is 564. The predicted molar refractivity (Wildman–Crippen MR) is 70.0 cm³/mol. The normalized spacial score (nSPS) is 10.1. The van der Waals surface area contributed by atoms with Gasteiger partial charge in [0.1, 0.15) is 5.75 Å². The molecule has 0 radical (unpaired) electrons. The van der Waals surface area contributed by atoms with E-state index in [9.17, 15) is 4.79 Å². The molecule has 3 nitrogen and oxygen atoms in total. The molecule has 0 saturated heterocycles. The highest BCUT2D eigenvalue weighted by atomic mass is 16.5. The van der Waals surface area contributed by atoms with Gasteiger partial charge in [0.2, 0.25) is 0 Å². The molecule has 2 rings (SSSR count). The molecule has 3 heteroatoms. The summed E-state index contributed by atoms with van der Waals surface area (Å²) in [6.07, 6.45) is 2.02. The Morgan fingerprint density at radius 3 is 2.72 bits per heavy atom. The molecule has 0 aliphatic heterocycles. The second-order valence-electron chi connectivity index (χ2n) is 4.05. The van der Waals surface area contributed by atoms with Gasteiger partial charge in [-0.25, -0.2) is 0 Å². The maximum Gasteiger partial charge on any atom is 0.169 e. The lowest BCUT2D eigenvalue weighted by atomic mass is 10.0. The van der Waals surface area contributed by atoms with Crippen molar-refractivity contribution in [3.05, 3.63) is 59.4 Å². The van der Waals surface area contributed by atoms with E-state index in [0.29, 0.717) is 12.0 Å². The maximum absolute atomic E-state index is 12.2. The molecule has 92 valence electrons. The van der Waals surface area contributed by atoms with Crippen LogP contribution in [0.15, 0.2) is 42.6 Å². The van der Waals surface area contributed by atoms with Crippen molar-refractivity contribution in [2.75, 3.05) is 7.11 Å². The van der Waals surface area contributed by atoms with E-state index in [1.807, 2.05) is 31.2 Å². The summed E-state index contributed by atoms with van der Waals surface area (Å²) in [5.74, 6) is 0.803. The van der Waals surface area contributed by atoms with Crippen molar-refractivity contribution in [2.24, 2.45) is 0 Å². The van der Waals surface area contributed by atoms with Gasteiger partial charge in [0.05, 0.1) is 7.11 Å². The SMILES string of the molecule is COc1ccccc1CC(=O)c1cccnc1C. The van der Waals surface area contributed by atoms with Crippen molar-refractivity contribution in [2.45, 2.75) is 13.3 Å². The molecule has 0 amide bonds. The fourth-order valence-electron chi connectivity index (χ4n) is 1.90. The first-order valence-corrected chi connectivity index (χ1v) is 5.79. The quantitative estimate of drug-likeness (QED) is 0.773. The number of nitrogens with zero attached hydrogens (tertiary/aromatic N) is 1. The van der Waals surface area contributed by atoms with Gasteiger partial charge in [-0.3, -0.25) is 9.78 Å². The number of benzene rings is 1. The van der Waals surface area contributed by atoms with Crippen LogP contribution >= 0.6 is 0 Å². The average molecular weight is 241 g/mol. The van der Waals surface area contributed by atoms with E-state index in [-0.39, 0.29) is 5.78 Å². The third-order valence-electron chi connectivity index (χ3n) is 2.85. The first-order valence-electron chi connectivity index (χ1n) is 5.79. The van der Waals surface area contributed by atoms with Gasteiger partial charge in [-0.1, -0.05) is 18.2 Å². The van der Waals surface area contributed by atoms with Crippen LogP contribution < -0.4 is 4.74 Å². The summed E-state index contributed by atoms with van der Waals surface area (Å²) in [6.45, 7) is 1.84. The summed E-state index contributed by atoms with van der Waals surface area (Å²) < 4.78 is 5.24. The van der Waals surface area contributed by atoms with Crippen LogP contribution in [-0.2, 0) is 6.42 Å². The van der Waals surface area contributed by atoms with Gasteiger partial charge in [0.15, 0.2) is 5.78 Å². The fourth-order valence-corrected chi connectivity index (χ4v) is 1.90. The van der Waals surface area contributed by atoms with Gasteiger partial charge < -0.3 is 4.74 Å². The summed E-state index contributed by atoms with van der Waals surface area (Å²) in [5.41, 5.74) is 2.33. The van der Waals surface area contributed by atoms with Crippen molar-refractivity contribution in [1.82, 2.24) is 4.98 Å². The van der Waals surface area contributed by atoms with Gasteiger partial charge in [0, 0.05) is 29.4 Å². The molecule has 0 unspecified atom stereocenters. The van der Waals surface area contributed by atoms with E-state index >= 15 is 0 Å². The molecule has 0 bridgehead atoms. The summed E-state index contributed by atoms with van der Waals surface area (Å²) in [4.78, 5) is 16.3. The summed E-state index contributed by atoms with van der Waals surface area (Å²) in [7, 11) is 1.61. The number of para-hydroxylation sites is 1. The second kappa shape index (κ2) is 5.45. The number of aryl methyl sites for hydroxylation is 1. The minimum absolute atomic E-state index is 0.0603. The molecule has 1 aromatic carbocycles. The molecule has 0 aliphatic carbocycles. The molecule has 0 aliphatic rings. The van der Waals surface area contributed by atoms with Crippen molar-refractivity contribution in [3.63, 3.8) is 0 Å². The summed E-state index contributed by atoms with van der Waals surface area (Å²) in [5, 5.41) is 0. The number of ketones is 1. The molecule has 1 heterocycles. The molecule has 0 spiro atoms. The molecule has 2 aromatic rings. The summed E-state index contributed by atoms with van der Waals surface area (Å²) >= 11 is 0. The number of hydrogen-bond acceptors (Lipinski definition) is 3. The van der Waals surface area contributed by atoms with Crippen molar-refractivity contribution < 1.29 is 9.53 Å². The van der Waals surface area contributed by atoms with Crippen LogP contribution in [-0.4, -0.2) is 17.9 Å². The van der Waals surface area contributed by atoms with E-state index in [1.54, 1.807) is 25.4 Å². The van der Waals surface area contributed by atoms with Crippen molar-refractivity contribution >= 4 is 5.78 Å². The molecule has 0 atom stereocenters. The van der Waals surface area contributed by atoms with Crippen LogP contribution in [0, 0.1) is 6.92 Å². The lowest BCUT2D eigenvalue weighted by Crippen LogP contribution is -2.07. The van der Waals surface area contributed by atoms with Gasteiger partial charge in [-0.2, -0.15) is 0 Å². The number of carbonyl (C=O) groups is 1. The third-order valence-corrected chi connectivity index (χ3v) is 2.85. The molecular formula is C15H15NO2. The highest BCUT2D eigenvalue weighted by Gasteiger charge is 2.12. The minimum Gasteiger partial charge on any atom is -0.496 e. The van der Waals surface area contributed by atoms with Crippen molar-refractivity contribution in [3.8, 4) is 5.75 Å². The van der Waals surface area contributed by atoms with Gasteiger partial charge in [-0.15, -0.1) is 0 Å². The number of ether oxygens (including phenoxy) is 1. The summed E-state index contributed by atoms with van der Waals surface area (Å²) in [6, 6.07) is 11.1. The first kappa shape index (κ1) is 12.3. The number of carbonyl (C=O) groups excluding carboxylic acids is 1. The first-order chi connectivity index (χ1) is 8.72. The molecule has 18 heavy (non-hydrogen) atoms. The average Bonchev–Trinajstić information content (AvgIpc) is 2.39. The van der Waals surface area contributed by atoms with Gasteiger partial charge >= 0.3 is 0 Å². The lowest BCUT2D eigenvalue weighted by molar-refractivity contribution is 0.0991. The highest BCUT2D eigenvalue weighted by Crippen LogP contribution is 2.19. The zero-order chi connectivity index (χ0) is 13.0. The van der Waals surface area contributed by atoms with Crippen LogP contribution in [0.3, 0.4) is 0 Å². The lowest BCUT2D eigenvalue weighted by Gasteiger charge is -2.08. The molecule has 1 aromatic heterocycles. The third kappa shape index (κ3) is 2.56. The Hall–Kier alpha value is -2.16. The predicted octanol–water partition coefficient (Wildman–Crippen LogP) is 2.82. The zero-order valence-electron chi connectivity index (χ0n) is 10.5. The Morgan fingerprint density at radius 2 is 2.00 bits per heavy atom. The van der Waals surface area contributed by atoms with E-state index in [4.69, 9.17) is 4.74 Å². The minimum atomic E-state index is 0.0603. The fraction of sp³-hybridized carbons (Fsp3) is 0.200. The smallest absolute Gasteiger partial charge is 0.169 e. The highest BCUT2D eigenvalue weighted by molar-refractivity contribution is 5.98. The monoisotopic (exact) mass is 241 g/mol. The molecule has 0 saturated carbocycles. The van der Waals surface area contributed by atoms with Crippen LogP contribution in [0.2, 0.25) is 0 Å². The standard InChI is InChI=1S/C15H15NO2/c1-11-13(7-5-9-16-11)14(17)10-12-6-3-4-8-15(12)18-2/h3-9H,10H2,1-2H3. The Labute approximate surface area is 106 Å². The number of methoxy groups -OCH3 is 1. The maximum atomic E-state index is 12.2. The Morgan fingerprint density at radius 1 is 1.22 bits per heavy atom. The molecule has 0 N–H and O–H groups in total. The van der Waals surface area contributed by atoms with E-state index < -0.39 is 0 Å². The van der Waals surface area contributed by atoms with E-state index in [2.05, 4.69) is 4.98 Å². The number of aromatic nitrogens is 1. The number of hydrogen-bond donors (Lipinski definition) is 0. The number of pyridine rings is 1. The largest absolute Gasteiger partial charge is 0.496 e. The molecular weight excluding hydrogens is 226 g/mol. The van der Waals surface area contributed by atoms with Gasteiger partial charge in [0.25, 0.3) is 0 Å². The van der Waals surface area contributed by atoms with Crippen LogP contribution in [0.5, 0.6) is 5.75 Å². The topological polar surface area (TPSA) is 39.2 Å². The number of Topliss-reactive ketones (excluding diaryl/α,β-unsaturated/α-hetero) is 1. The zero-order valence-corrected chi connectivity index (χ0v) is 10.5. The van der Waals surface area contributed by atoms with Crippen LogP contribution in [0.4, 0.5) is 0 Å². The van der Waals surface area contributed by atoms with Gasteiger partial charge in [-0.05, 0) is 25.1 Å². The Balaban J connectivity index is 2.24. The number of rotatable bonds is 4. The van der Waals surface area contributed by atoms with Crippen LogP contribution in [0.25, 0.3) is 0 Å². The van der Waals surface area contributed by atoms with Crippen LogP contribution in [0.1, 0.15) is 21.6 Å². The Kier molecular flexibility index (Phi) is 3.72. The van der Waals surface area contributed by atoms with Crippen molar-refractivity contribution in [1.29, 1.82) is 0 Å². The second-order valence-corrected chi connectivity index (χ2v) is 4.05. The van der Waals surface area contributed by atoms with E-state index in [0.717, 1.165) is 17.0 Å². The molecule has 0 fully saturated rings.